The number of unbranched alkanes of at least 4 members (excludes halogenated alkanes) is 23. The van der Waals surface area contributed by atoms with Crippen molar-refractivity contribution in [2.45, 2.75) is 194 Å². The average molecular weight is 592 g/mol. The van der Waals surface area contributed by atoms with Crippen LogP contribution in [0.15, 0.2) is 40.3 Å². The van der Waals surface area contributed by atoms with Crippen molar-refractivity contribution < 1.29 is 0 Å². The topological polar surface area (TPSA) is 24.7 Å². The maximum atomic E-state index is 4.76. The van der Waals surface area contributed by atoms with Crippen molar-refractivity contribution in [2.75, 3.05) is 0 Å². The zero-order valence-corrected chi connectivity index (χ0v) is 28.9. The smallest absolute Gasteiger partial charge is 0.0965 e. The minimum absolute atomic E-state index is 0.496. The molecule has 0 amide bonds. The van der Waals surface area contributed by atoms with Crippen LogP contribution in [0.3, 0.4) is 0 Å². The highest BCUT2D eigenvalue weighted by Crippen LogP contribution is 2.37. The van der Waals surface area contributed by atoms with Crippen LogP contribution in [0.4, 0.5) is 0 Å². The first-order valence-corrected chi connectivity index (χ1v) is 19.3. The molecule has 244 valence electrons. The van der Waals surface area contributed by atoms with Crippen LogP contribution >= 0.6 is 0 Å². The van der Waals surface area contributed by atoms with Crippen LogP contribution in [-0.4, -0.2) is 12.4 Å². The summed E-state index contributed by atoms with van der Waals surface area (Å²) >= 11 is 0. The van der Waals surface area contributed by atoms with Crippen LogP contribution in [0.2, 0.25) is 0 Å². The molecule has 1 aliphatic rings. The van der Waals surface area contributed by atoms with Gasteiger partial charge in [-0.05, 0) is 30.7 Å². The van der Waals surface area contributed by atoms with Crippen LogP contribution in [0.1, 0.15) is 193 Å². The lowest BCUT2D eigenvalue weighted by Gasteiger charge is -2.26. The maximum absolute atomic E-state index is 4.76. The summed E-state index contributed by atoms with van der Waals surface area (Å²) in [6.07, 6.45) is 44.1. The second-order valence-corrected chi connectivity index (χ2v) is 13.7. The predicted octanol–water partition coefficient (Wildman–Crippen LogP) is 13.7. The Morgan fingerprint density at radius 2 is 0.837 bits per heavy atom. The monoisotopic (exact) mass is 592 g/mol. The summed E-state index contributed by atoms with van der Waals surface area (Å²) in [5.41, 5.74) is 1.48. The maximum Gasteiger partial charge on any atom is 0.244 e. The Balaban J connectivity index is 1.67. The molecule has 1 heterocycles. The molecule has 2 unspecified atom stereocenters. The van der Waals surface area contributed by atoms with E-state index < -0.39 is 0 Å². The van der Waals surface area contributed by atoms with E-state index in [-0.39, 0.29) is 0 Å². The van der Waals surface area contributed by atoms with Crippen LogP contribution in [0, 0.1) is 18.0 Å². The van der Waals surface area contributed by atoms with Crippen molar-refractivity contribution in [1.82, 2.24) is 0 Å². The highest BCUT2D eigenvalue weighted by Gasteiger charge is 2.35. The van der Waals surface area contributed by atoms with Crippen LogP contribution in [-0.2, 0) is 6.42 Å². The molecule has 0 fully saturated rings. The minimum atomic E-state index is 0.496. The first-order chi connectivity index (χ1) is 21.3. The van der Waals surface area contributed by atoms with E-state index in [1.54, 1.807) is 0 Å². The van der Waals surface area contributed by atoms with E-state index in [1.165, 1.54) is 179 Å². The van der Waals surface area contributed by atoms with E-state index in [9.17, 15) is 0 Å². The number of hydrogen-bond acceptors (Lipinski definition) is 2. The molecule has 2 rings (SSSR count). The molecule has 2 nitrogen and oxygen atoms in total. The molecule has 2 heteroatoms. The molecule has 0 aliphatic carbocycles. The first-order valence-electron chi connectivity index (χ1n) is 19.3. The van der Waals surface area contributed by atoms with Crippen LogP contribution < -0.4 is 0 Å². The summed E-state index contributed by atoms with van der Waals surface area (Å²) < 4.78 is 0. The van der Waals surface area contributed by atoms with Gasteiger partial charge in [-0.2, -0.15) is 0 Å². The van der Waals surface area contributed by atoms with Gasteiger partial charge in [0, 0.05) is 0 Å². The normalized spacial score (nSPS) is 14.1. The molecular weight excluding hydrogens is 520 g/mol. The fourth-order valence-electron chi connectivity index (χ4n) is 7.01. The van der Waals surface area contributed by atoms with Gasteiger partial charge < -0.3 is 0 Å². The molecule has 0 saturated heterocycles. The highest BCUT2D eigenvalue weighted by atomic mass is 15.0. The Bertz CT molecular complexity index is 757. The molecule has 0 N–H and O–H groups in total. The Hall–Kier alpha value is -1.57. The molecular formula is C41H71N2+. The number of rotatable bonds is 31. The van der Waals surface area contributed by atoms with Gasteiger partial charge in [-0.15, -0.1) is 0 Å². The van der Waals surface area contributed by atoms with Gasteiger partial charge in [0.15, 0.2) is 12.4 Å². The van der Waals surface area contributed by atoms with Crippen molar-refractivity contribution >= 4 is 12.4 Å². The van der Waals surface area contributed by atoms with Crippen molar-refractivity contribution in [3.8, 4) is 0 Å². The second kappa shape index (κ2) is 27.9. The summed E-state index contributed by atoms with van der Waals surface area (Å²) in [6, 6.07) is 11.2. The first kappa shape index (κ1) is 37.6. The summed E-state index contributed by atoms with van der Waals surface area (Å²) in [4.78, 5) is 9.51. The van der Waals surface area contributed by atoms with Crippen molar-refractivity contribution in [3.05, 3.63) is 42.1 Å². The lowest BCUT2D eigenvalue weighted by molar-refractivity contribution is 0.284. The number of nitrogens with zero attached hydrogens (tertiary/aromatic N) is 2. The molecule has 1 aromatic rings. The second-order valence-electron chi connectivity index (χ2n) is 13.7. The highest BCUT2D eigenvalue weighted by molar-refractivity contribution is 6.18. The van der Waals surface area contributed by atoms with Gasteiger partial charge >= 0.3 is 0 Å². The standard InChI is InChI=1S/C41H71N2/c1-3-5-7-9-11-13-15-16-17-18-19-21-23-25-30-34-40(41-42-35-36-43-41)39(37-38-31-27-26-28-32-38)33-29-24-22-20-14-12-10-8-6-4-2/h26-28,31-32,35-36,39-40H,3-25,29-30,33-34,37H2,1-2H3/q+1. The lowest BCUT2D eigenvalue weighted by atomic mass is 9.78. The Morgan fingerprint density at radius 1 is 0.465 bits per heavy atom. The third-order valence-electron chi connectivity index (χ3n) is 9.77. The van der Waals surface area contributed by atoms with Gasteiger partial charge in [-0.3, -0.25) is 0 Å². The largest absolute Gasteiger partial charge is 0.244 e. The van der Waals surface area contributed by atoms with Gasteiger partial charge in [-0.25, -0.2) is 0 Å². The Morgan fingerprint density at radius 3 is 1.26 bits per heavy atom. The van der Waals surface area contributed by atoms with Gasteiger partial charge in [-0.1, -0.05) is 215 Å². The molecule has 0 bridgehead atoms. The van der Waals surface area contributed by atoms with Gasteiger partial charge in [0.1, 0.15) is 0 Å². The molecule has 2 atom stereocenters. The van der Waals surface area contributed by atoms with E-state index in [1.807, 2.05) is 12.4 Å². The number of hydrogen-bond donors (Lipinski definition) is 0. The van der Waals surface area contributed by atoms with Crippen molar-refractivity contribution in [2.24, 2.45) is 21.8 Å². The molecule has 0 radical (unpaired) electrons. The molecule has 1 aromatic carbocycles. The third-order valence-corrected chi connectivity index (χ3v) is 9.77. The fraction of sp³-hybridized carbons (Fsp3) is 0.780. The van der Waals surface area contributed by atoms with Crippen molar-refractivity contribution in [3.63, 3.8) is 0 Å². The molecule has 0 aromatic heterocycles. The van der Waals surface area contributed by atoms with E-state index >= 15 is 0 Å². The van der Waals surface area contributed by atoms with Crippen LogP contribution in [0.25, 0.3) is 0 Å². The molecule has 0 saturated carbocycles. The van der Waals surface area contributed by atoms with Gasteiger partial charge in [0.05, 0.1) is 5.92 Å². The quantitative estimate of drug-likeness (QED) is 0.0606. The summed E-state index contributed by atoms with van der Waals surface area (Å²) in [6.45, 7) is 4.61. The third kappa shape index (κ3) is 20.2. The molecule has 43 heavy (non-hydrogen) atoms. The Kier molecular flexibility index (Phi) is 24.4. The zero-order valence-electron chi connectivity index (χ0n) is 28.9. The van der Waals surface area contributed by atoms with E-state index in [2.05, 4.69) is 44.2 Å². The Labute approximate surface area is 269 Å². The van der Waals surface area contributed by atoms with E-state index in [0.717, 1.165) is 12.6 Å². The van der Waals surface area contributed by atoms with Crippen LogP contribution in [0.5, 0.6) is 0 Å². The van der Waals surface area contributed by atoms with E-state index in [0.29, 0.717) is 11.8 Å². The van der Waals surface area contributed by atoms with E-state index in [4.69, 9.17) is 9.98 Å². The lowest BCUT2D eigenvalue weighted by Crippen LogP contribution is -2.22. The minimum Gasteiger partial charge on any atom is -0.0965 e. The molecule has 1 aliphatic heterocycles. The van der Waals surface area contributed by atoms with Gasteiger partial charge in [0.25, 0.3) is 0 Å². The SMILES string of the molecule is CCCCCCCCCCCCCCCCCC([C+]1N=CC=N1)C(CCCCCCCCCCCC)Cc1ccccc1. The fourth-order valence-corrected chi connectivity index (χ4v) is 7.01. The summed E-state index contributed by atoms with van der Waals surface area (Å²) in [7, 11) is 0. The summed E-state index contributed by atoms with van der Waals surface area (Å²) in [5.74, 6) is 1.14. The van der Waals surface area contributed by atoms with Gasteiger partial charge in [0.2, 0.25) is 6.17 Å². The molecule has 0 spiro atoms. The number of benzene rings is 1. The average Bonchev–Trinajstić information content (AvgIpc) is 3.57. The summed E-state index contributed by atoms with van der Waals surface area (Å²) in [5, 5.41) is 0. The number of aliphatic imine (C=N–C) groups is 2. The zero-order chi connectivity index (χ0) is 30.5. The predicted molar refractivity (Wildman–Crippen MR) is 193 cm³/mol. The van der Waals surface area contributed by atoms with Crippen molar-refractivity contribution in [1.29, 1.82) is 0 Å².